The molecule has 0 bridgehead atoms. The molecule has 17 heavy (non-hydrogen) atoms. The molecule has 2 N–H and O–H groups in total. The standard InChI is InChI=1S/C14H24N2O/c1-4-12-8-7-10(2)16(12)14(11(3)15)13-6-5-9-17-13/h5-6,9-12,14H,4,7-8,15H2,1-3H3. The molecule has 4 unspecified atom stereocenters. The van der Waals surface area contributed by atoms with Crippen LogP contribution in [-0.2, 0) is 0 Å². The van der Waals surface area contributed by atoms with Crippen LogP contribution in [0.3, 0.4) is 0 Å². The van der Waals surface area contributed by atoms with Crippen LogP contribution in [0.1, 0.15) is 51.8 Å². The minimum absolute atomic E-state index is 0.0933. The highest BCUT2D eigenvalue weighted by molar-refractivity contribution is 5.09. The van der Waals surface area contributed by atoms with E-state index in [9.17, 15) is 0 Å². The summed E-state index contributed by atoms with van der Waals surface area (Å²) in [6.07, 6.45) is 5.48. The fourth-order valence-electron chi connectivity index (χ4n) is 3.14. The van der Waals surface area contributed by atoms with Gasteiger partial charge in [0.1, 0.15) is 5.76 Å². The molecule has 1 aromatic heterocycles. The van der Waals surface area contributed by atoms with Gasteiger partial charge in [-0.2, -0.15) is 0 Å². The second kappa shape index (κ2) is 5.23. The molecule has 1 fully saturated rings. The zero-order valence-electron chi connectivity index (χ0n) is 11.1. The van der Waals surface area contributed by atoms with Gasteiger partial charge in [0.2, 0.25) is 0 Å². The summed E-state index contributed by atoms with van der Waals surface area (Å²) in [5.74, 6) is 1.01. The molecule has 0 radical (unpaired) electrons. The van der Waals surface area contributed by atoms with E-state index in [0.29, 0.717) is 12.1 Å². The average Bonchev–Trinajstić information content (AvgIpc) is 2.90. The molecular weight excluding hydrogens is 212 g/mol. The Morgan fingerprint density at radius 1 is 1.53 bits per heavy atom. The van der Waals surface area contributed by atoms with Crippen LogP contribution in [0.4, 0.5) is 0 Å². The number of hydrogen-bond acceptors (Lipinski definition) is 3. The van der Waals surface area contributed by atoms with Gasteiger partial charge in [-0.05, 0) is 45.2 Å². The first kappa shape index (κ1) is 12.7. The zero-order chi connectivity index (χ0) is 12.4. The van der Waals surface area contributed by atoms with Crippen LogP contribution in [0.5, 0.6) is 0 Å². The highest BCUT2D eigenvalue weighted by atomic mass is 16.3. The van der Waals surface area contributed by atoms with E-state index in [0.717, 1.165) is 5.76 Å². The van der Waals surface area contributed by atoms with Crippen LogP contribution < -0.4 is 5.73 Å². The Kier molecular flexibility index (Phi) is 3.89. The van der Waals surface area contributed by atoms with Gasteiger partial charge in [0.25, 0.3) is 0 Å². The lowest BCUT2D eigenvalue weighted by Gasteiger charge is -2.37. The summed E-state index contributed by atoms with van der Waals surface area (Å²) in [7, 11) is 0. The molecule has 4 atom stereocenters. The van der Waals surface area contributed by atoms with Crippen LogP contribution >= 0.6 is 0 Å². The molecule has 0 amide bonds. The smallest absolute Gasteiger partial charge is 0.122 e. The van der Waals surface area contributed by atoms with Crippen molar-refractivity contribution in [2.75, 3.05) is 0 Å². The van der Waals surface area contributed by atoms with E-state index in [1.165, 1.54) is 19.3 Å². The maximum absolute atomic E-state index is 6.19. The Labute approximate surface area is 104 Å². The first-order chi connectivity index (χ1) is 8.15. The summed E-state index contributed by atoms with van der Waals surface area (Å²) in [4.78, 5) is 2.56. The molecule has 1 aromatic rings. The van der Waals surface area contributed by atoms with Crippen molar-refractivity contribution in [2.45, 2.75) is 64.2 Å². The summed E-state index contributed by atoms with van der Waals surface area (Å²) in [5, 5.41) is 0. The van der Waals surface area contributed by atoms with Crippen molar-refractivity contribution in [2.24, 2.45) is 5.73 Å². The van der Waals surface area contributed by atoms with Gasteiger partial charge >= 0.3 is 0 Å². The van der Waals surface area contributed by atoms with Crippen LogP contribution in [0.15, 0.2) is 22.8 Å². The Balaban J connectivity index is 2.26. The average molecular weight is 236 g/mol. The fourth-order valence-corrected chi connectivity index (χ4v) is 3.14. The second-order valence-corrected chi connectivity index (χ2v) is 5.26. The predicted molar refractivity (Wildman–Crippen MR) is 69.7 cm³/mol. The molecular formula is C14H24N2O. The van der Waals surface area contributed by atoms with Gasteiger partial charge in [-0.1, -0.05) is 6.92 Å². The van der Waals surface area contributed by atoms with Crippen molar-refractivity contribution in [3.05, 3.63) is 24.2 Å². The molecule has 3 heteroatoms. The molecule has 1 aliphatic heterocycles. The lowest BCUT2D eigenvalue weighted by Crippen LogP contribution is -2.44. The molecule has 2 heterocycles. The van der Waals surface area contributed by atoms with Crippen LogP contribution in [0, 0.1) is 0 Å². The summed E-state index contributed by atoms with van der Waals surface area (Å²) in [6, 6.07) is 5.55. The van der Waals surface area contributed by atoms with Gasteiger partial charge in [0.05, 0.1) is 12.3 Å². The van der Waals surface area contributed by atoms with Crippen molar-refractivity contribution >= 4 is 0 Å². The van der Waals surface area contributed by atoms with E-state index in [-0.39, 0.29) is 12.1 Å². The second-order valence-electron chi connectivity index (χ2n) is 5.26. The van der Waals surface area contributed by atoms with Gasteiger partial charge < -0.3 is 10.2 Å². The first-order valence-corrected chi connectivity index (χ1v) is 6.71. The fraction of sp³-hybridized carbons (Fsp3) is 0.714. The third-order valence-corrected chi connectivity index (χ3v) is 3.97. The van der Waals surface area contributed by atoms with E-state index in [4.69, 9.17) is 10.2 Å². The lowest BCUT2D eigenvalue weighted by atomic mass is 10.0. The number of nitrogens with two attached hydrogens (primary N) is 1. The Bertz CT molecular complexity index is 334. The third kappa shape index (κ3) is 2.40. The molecule has 1 aliphatic rings. The van der Waals surface area contributed by atoms with Gasteiger partial charge in [0.15, 0.2) is 0 Å². The molecule has 3 nitrogen and oxygen atoms in total. The van der Waals surface area contributed by atoms with Gasteiger partial charge in [-0.25, -0.2) is 0 Å². The van der Waals surface area contributed by atoms with Gasteiger partial charge in [-0.3, -0.25) is 4.90 Å². The molecule has 0 aliphatic carbocycles. The number of nitrogens with zero attached hydrogens (tertiary/aromatic N) is 1. The quantitative estimate of drug-likeness (QED) is 0.874. The topological polar surface area (TPSA) is 42.4 Å². The monoisotopic (exact) mass is 236 g/mol. The molecule has 0 spiro atoms. The molecule has 2 rings (SSSR count). The molecule has 1 saturated heterocycles. The summed E-state index contributed by atoms with van der Waals surface area (Å²) < 4.78 is 5.59. The van der Waals surface area contributed by atoms with Crippen molar-refractivity contribution in [1.29, 1.82) is 0 Å². The van der Waals surface area contributed by atoms with E-state index in [2.05, 4.69) is 25.7 Å². The van der Waals surface area contributed by atoms with Crippen LogP contribution in [0.2, 0.25) is 0 Å². The molecule has 96 valence electrons. The first-order valence-electron chi connectivity index (χ1n) is 6.71. The van der Waals surface area contributed by atoms with E-state index < -0.39 is 0 Å². The van der Waals surface area contributed by atoms with Crippen molar-refractivity contribution in [3.8, 4) is 0 Å². The van der Waals surface area contributed by atoms with E-state index >= 15 is 0 Å². The summed E-state index contributed by atoms with van der Waals surface area (Å²) >= 11 is 0. The zero-order valence-corrected chi connectivity index (χ0v) is 11.1. The SMILES string of the molecule is CCC1CCC(C)N1C(c1ccco1)C(C)N. The Morgan fingerprint density at radius 2 is 2.29 bits per heavy atom. The lowest BCUT2D eigenvalue weighted by molar-refractivity contribution is 0.101. The molecule has 0 aromatic carbocycles. The number of rotatable bonds is 4. The van der Waals surface area contributed by atoms with Gasteiger partial charge in [0, 0.05) is 18.1 Å². The largest absolute Gasteiger partial charge is 0.468 e. The summed E-state index contributed by atoms with van der Waals surface area (Å²) in [6.45, 7) is 6.63. The van der Waals surface area contributed by atoms with Crippen molar-refractivity contribution in [3.63, 3.8) is 0 Å². The predicted octanol–water partition coefficient (Wildman–Crippen LogP) is 2.93. The van der Waals surface area contributed by atoms with Crippen molar-refractivity contribution < 1.29 is 4.42 Å². The minimum Gasteiger partial charge on any atom is -0.468 e. The van der Waals surface area contributed by atoms with E-state index in [1.54, 1.807) is 6.26 Å². The highest BCUT2D eigenvalue weighted by Gasteiger charge is 2.38. The summed E-state index contributed by atoms with van der Waals surface area (Å²) in [5.41, 5.74) is 6.19. The highest BCUT2D eigenvalue weighted by Crippen LogP contribution is 2.36. The number of likely N-dealkylation sites (tertiary alicyclic amines) is 1. The van der Waals surface area contributed by atoms with Crippen molar-refractivity contribution in [1.82, 2.24) is 4.90 Å². The Hall–Kier alpha value is -0.800. The normalized spacial score (nSPS) is 29.4. The number of hydrogen-bond donors (Lipinski definition) is 1. The third-order valence-electron chi connectivity index (χ3n) is 3.97. The van der Waals surface area contributed by atoms with E-state index in [1.807, 2.05) is 12.1 Å². The number of furan rings is 1. The molecule has 0 saturated carbocycles. The van der Waals surface area contributed by atoms with Gasteiger partial charge in [-0.15, -0.1) is 0 Å². The van der Waals surface area contributed by atoms with Crippen LogP contribution in [0.25, 0.3) is 0 Å². The maximum Gasteiger partial charge on any atom is 0.122 e. The maximum atomic E-state index is 6.19. The minimum atomic E-state index is 0.0933. The van der Waals surface area contributed by atoms with Crippen LogP contribution in [-0.4, -0.2) is 23.0 Å². The Morgan fingerprint density at radius 3 is 2.82 bits per heavy atom.